The Labute approximate surface area is 179 Å². The number of carbonyl (C=O) groups excluding carboxylic acids is 2. The summed E-state index contributed by atoms with van der Waals surface area (Å²) in [6.45, 7) is 1.51. The summed E-state index contributed by atoms with van der Waals surface area (Å²) < 4.78 is 12.2. The highest BCUT2D eigenvalue weighted by atomic mass is 16.6. The van der Waals surface area contributed by atoms with E-state index in [1.54, 1.807) is 12.3 Å². The fraction of sp³-hybridized carbons (Fsp3) is 0.125. The summed E-state index contributed by atoms with van der Waals surface area (Å²) in [6, 6.07) is 22.6. The number of hydrogen-bond donors (Lipinski definition) is 1. The molecule has 4 aromatic rings. The van der Waals surface area contributed by atoms with Gasteiger partial charge in [-0.05, 0) is 30.5 Å². The third-order valence-corrected chi connectivity index (χ3v) is 4.82. The number of carbonyl (C=O) groups is 2. The van der Waals surface area contributed by atoms with Crippen molar-refractivity contribution >= 4 is 28.3 Å². The van der Waals surface area contributed by atoms with Crippen LogP contribution in [0.4, 0.5) is 5.69 Å². The molecule has 1 N–H and O–H groups in total. The second-order valence-electron chi connectivity index (χ2n) is 6.89. The topological polar surface area (TPSA) is 82.5 Å². The van der Waals surface area contributed by atoms with Crippen molar-refractivity contribution in [1.82, 2.24) is 9.78 Å². The zero-order valence-corrected chi connectivity index (χ0v) is 17.1. The maximum Gasteiger partial charge on any atom is 0.363 e. The summed E-state index contributed by atoms with van der Waals surface area (Å²) in [7, 11) is 1.44. The largest absolute Gasteiger partial charge is 0.493 e. The van der Waals surface area contributed by atoms with Crippen LogP contribution in [0.1, 0.15) is 17.4 Å². The fourth-order valence-electron chi connectivity index (χ4n) is 3.20. The van der Waals surface area contributed by atoms with Gasteiger partial charge < -0.3 is 14.8 Å². The van der Waals surface area contributed by atoms with Gasteiger partial charge in [-0.25, -0.2) is 9.48 Å². The highest BCUT2D eigenvalue weighted by molar-refractivity contribution is 6.04. The van der Waals surface area contributed by atoms with Gasteiger partial charge in [0.1, 0.15) is 0 Å². The first-order chi connectivity index (χ1) is 15.1. The summed E-state index contributed by atoms with van der Waals surface area (Å²) in [5, 5.41) is 9.01. The average molecular weight is 415 g/mol. The van der Waals surface area contributed by atoms with Crippen molar-refractivity contribution < 1.29 is 19.1 Å². The van der Waals surface area contributed by atoms with Crippen molar-refractivity contribution in [1.29, 1.82) is 0 Å². The Bertz CT molecular complexity index is 1230. The number of nitrogens with one attached hydrogen (secondary N) is 1. The molecule has 1 atom stereocenters. The van der Waals surface area contributed by atoms with Gasteiger partial charge >= 0.3 is 5.97 Å². The molecule has 0 radical (unpaired) electrons. The first-order valence-corrected chi connectivity index (χ1v) is 9.75. The molecule has 7 heteroatoms. The van der Waals surface area contributed by atoms with E-state index >= 15 is 0 Å². The lowest BCUT2D eigenvalue weighted by molar-refractivity contribution is -0.123. The summed E-state index contributed by atoms with van der Waals surface area (Å²) >= 11 is 0. The molecule has 0 saturated carbocycles. The SMILES string of the molecule is COc1cn(-c2ccccc2)nc1C(=O)O[C@H](C)C(=O)Nc1cccc2ccccc12. The number of ether oxygens (including phenoxy) is 2. The van der Waals surface area contributed by atoms with Gasteiger partial charge in [-0.1, -0.05) is 54.6 Å². The Hall–Kier alpha value is -4.13. The molecule has 0 bridgehead atoms. The lowest BCUT2D eigenvalue weighted by Gasteiger charge is -2.14. The van der Waals surface area contributed by atoms with Crippen LogP contribution in [0.5, 0.6) is 5.75 Å². The molecule has 7 nitrogen and oxygen atoms in total. The molecule has 1 amide bonds. The number of aromatic nitrogens is 2. The van der Waals surface area contributed by atoms with E-state index in [2.05, 4.69) is 10.4 Å². The van der Waals surface area contributed by atoms with Crippen LogP contribution in [0.25, 0.3) is 16.5 Å². The number of para-hydroxylation sites is 1. The van der Waals surface area contributed by atoms with E-state index in [1.807, 2.05) is 66.7 Å². The molecule has 0 aliphatic heterocycles. The fourth-order valence-corrected chi connectivity index (χ4v) is 3.20. The standard InChI is InChI=1S/C24H21N3O4/c1-16(23(28)25-20-14-8-10-17-9-6-7-13-19(17)20)31-24(29)22-21(30-2)15-27(26-22)18-11-4-3-5-12-18/h3-16H,1-2H3,(H,25,28)/t16-/m1/s1. The number of esters is 1. The Morgan fingerprint density at radius 3 is 2.45 bits per heavy atom. The minimum atomic E-state index is -1.03. The van der Waals surface area contributed by atoms with E-state index in [1.165, 1.54) is 18.7 Å². The van der Waals surface area contributed by atoms with Crippen molar-refractivity contribution in [2.75, 3.05) is 12.4 Å². The van der Waals surface area contributed by atoms with E-state index < -0.39 is 18.0 Å². The minimum Gasteiger partial charge on any atom is -0.493 e. The molecule has 0 spiro atoms. The first kappa shape index (κ1) is 20.2. The lowest BCUT2D eigenvalue weighted by Crippen LogP contribution is -2.30. The Kier molecular flexibility index (Phi) is 5.66. The summed E-state index contributed by atoms with van der Waals surface area (Å²) in [6.07, 6.45) is 0.560. The second-order valence-corrected chi connectivity index (χ2v) is 6.89. The molecule has 31 heavy (non-hydrogen) atoms. The zero-order valence-electron chi connectivity index (χ0n) is 17.1. The zero-order chi connectivity index (χ0) is 21.8. The van der Waals surface area contributed by atoms with E-state index in [-0.39, 0.29) is 11.4 Å². The summed E-state index contributed by atoms with van der Waals surface area (Å²) in [4.78, 5) is 25.3. The highest BCUT2D eigenvalue weighted by Crippen LogP contribution is 2.24. The second kappa shape index (κ2) is 8.71. The van der Waals surface area contributed by atoms with Crippen LogP contribution in [0.3, 0.4) is 0 Å². The number of nitrogens with zero attached hydrogens (tertiary/aromatic N) is 2. The smallest absolute Gasteiger partial charge is 0.363 e. The summed E-state index contributed by atoms with van der Waals surface area (Å²) in [5.41, 5.74) is 1.41. The predicted octanol–water partition coefficient (Wildman–Crippen LogP) is 4.22. The van der Waals surface area contributed by atoms with Crippen LogP contribution >= 0.6 is 0 Å². The Morgan fingerprint density at radius 2 is 1.68 bits per heavy atom. The van der Waals surface area contributed by atoms with Crippen molar-refractivity contribution in [3.05, 3.63) is 84.7 Å². The maximum atomic E-state index is 12.7. The van der Waals surface area contributed by atoms with E-state index in [9.17, 15) is 9.59 Å². The van der Waals surface area contributed by atoms with Gasteiger partial charge in [0.25, 0.3) is 5.91 Å². The van der Waals surface area contributed by atoms with E-state index in [0.717, 1.165) is 16.5 Å². The number of fused-ring (bicyclic) bond motifs is 1. The molecule has 0 aliphatic carbocycles. The van der Waals surface area contributed by atoms with Gasteiger partial charge in [-0.15, -0.1) is 0 Å². The Balaban J connectivity index is 1.49. The van der Waals surface area contributed by atoms with E-state index in [4.69, 9.17) is 9.47 Å². The lowest BCUT2D eigenvalue weighted by atomic mass is 10.1. The molecule has 0 unspecified atom stereocenters. The number of benzene rings is 3. The molecule has 4 rings (SSSR count). The third-order valence-electron chi connectivity index (χ3n) is 4.82. The van der Waals surface area contributed by atoms with Crippen LogP contribution < -0.4 is 10.1 Å². The van der Waals surface area contributed by atoms with Gasteiger partial charge in [0.05, 0.1) is 19.0 Å². The van der Waals surface area contributed by atoms with Gasteiger partial charge in [0, 0.05) is 11.1 Å². The number of amides is 1. The average Bonchev–Trinajstić information content (AvgIpc) is 3.24. The molecular weight excluding hydrogens is 394 g/mol. The van der Waals surface area contributed by atoms with Gasteiger partial charge in [0.15, 0.2) is 11.9 Å². The molecule has 0 saturated heterocycles. The highest BCUT2D eigenvalue weighted by Gasteiger charge is 2.25. The van der Waals surface area contributed by atoms with Crippen LogP contribution in [0.15, 0.2) is 79.0 Å². The number of anilines is 1. The predicted molar refractivity (Wildman–Crippen MR) is 118 cm³/mol. The summed E-state index contributed by atoms with van der Waals surface area (Å²) in [5.74, 6) is -0.922. The van der Waals surface area contributed by atoms with Crippen molar-refractivity contribution in [3.63, 3.8) is 0 Å². The van der Waals surface area contributed by atoms with Crippen LogP contribution in [0.2, 0.25) is 0 Å². The van der Waals surface area contributed by atoms with Crippen molar-refractivity contribution in [2.45, 2.75) is 13.0 Å². The first-order valence-electron chi connectivity index (χ1n) is 9.75. The maximum absolute atomic E-state index is 12.7. The normalized spacial score (nSPS) is 11.7. The van der Waals surface area contributed by atoms with E-state index in [0.29, 0.717) is 5.69 Å². The minimum absolute atomic E-state index is 0.00355. The van der Waals surface area contributed by atoms with Gasteiger partial charge in [0.2, 0.25) is 5.69 Å². The van der Waals surface area contributed by atoms with Crippen LogP contribution in [-0.2, 0) is 9.53 Å². The van der Waals surface area contributed by atoms with Crippen LogP contribution in [-0.4, -0.2) is 34.9 Å². The molecule has 156 valence electrons. The molecule has 3 aromatic carbocycles. The molecule has 0 aliphatic rings. The van der Waals surface area contributed by atoms with Gasteiger partial charge in [-0.2, -0.15) is 5.10 Å². The Morgan fingerprint density at radius 1 is 0.968 bits per heavy atom. The quantitative estimate of drug-likeness (QED) is 0.477. The van der Waals surface area contributed by atoms with Crippen LogP contribution in [0, 0.1) is 0 Å². The number of rotatable bonds is 6. The molecule has 0 fully saturated rings. The van der Waals surface area contributed by atoms with Crippen molar-refractivity contribution in [3.8, 4) is 11.4 Å². The molecule has 1 heterocycles. The molecule has 1 aromatic heterocycles. The molecular formula is C24H21N3O4. The monoisotopic (exact) mass is 415 g/mol. The third kappa shape index (κ3) is 4.25. The van der Waals surface area contributed by atoms with Crippen molar-refractivity contribution in [2.24, 2.45) is 0 Å². The number of methoxy groups -OCH3 is 1. The number of hydrogen-bond acceptors (Lipinski definition) is 5. The van der Waals surface area contributed by atoms with Gasteiger partial charge in [-0.3, -0.25) is 4.79 Å².